The Labute approximate surface area is 476 Å². The van der Waals surface area contributed by atoms with Crippen molar-refractivity contribution < 1.29 is 18.9 Å². The zero-order valence-corrected chi connectivity index (χ0v) is 48.8. The zero-order chi connectivity index (χ0) is 58.3. The van der Waals surface area contributed by atoms with Crippen LogP contribution in [-0.2, 0) is 49.8 Å². The Kier molecular flexibility index (Phi) is 15.9. The van der Waals surface area contributed by atoms with Crippen LogP contribution >= 0.6 is 15.9 Å². The Morgan fingerprint density at radius 2 is 1.12 bits per heavy atom. The number of nitrogens with zero attached hydrogens (tertiary/aromatic N) is 12. The highest BCUT2D eigenvalue weighted by molar-refractivity contribution is 9.10. The molecular weight excluding hydrogens is 1100 g/mol. The third-order valence-electron chi connectivity index (χ3n) is 14.5. The lowest BCUT2D eigenvalue weighted by Crippen LogP contribution is -2.41. The molecule has 8 aromatic rings. The van der Waals surface area contributed by atoms with Crippen LogP contribution in [0.3, 0.4) is 0 Å². The number of anilines is 7. The maximum absolute atomic E-state index is 13.7. The van der Waals surface area contributed by atoms with E-state index in [1.54, 1.807) is 93.3 Å². The van der Waals surface area contributed by atoms with E-state index >= 15 is 0 Å². The first-order chi connectivity index (χ1) is 38.3. The van der Waals surface area contributed by atoms with E-state index in [-0.39, 0.29) is 28.0 Å². The number of amides is 1. The molecule has 2 aliphatic heterocycles. The molecule has 81 heavy (non-hydrogen) atoms. The molecule has 418 valence electrons. The molecule has 0 atom stereocenters. The molecule has 3 N–H and O–H groups in total. The van der Waals surface area contributed by atoms with Crippen molar-refractivity contribution in [2.75, 3.05) is 27.4 Å². The minimum Gasteiger partial charge on any atom is -0.399 e. The first kappa shape index (κ1) is 57.2. The van der Waals surface area contributed by atoms with Crippen molar-refractivity contribution in [3.05, 3.63) is 167 Å². The number of pyridine rings is 4. The number of halogens is 1. The first-order valence-electron chi connectivity index (χ1n) is 26.1. The smallest absolute Gasteiger partial charge is 0.399 e. The lowest BCUT2D eigenvalue weighted by Gasteiger charge is -2.32. The second kappa shape index (κ2) is 22.6. The molecular formula is C57H63BBrN15O7. The topological polar surface area (TPSA) is 253 Å². The van der Waals surface area contributed by atoms with Gasteiger partial charge in [-0.3, -0.25) is 28.9 Å². The summed E-state index contributed by atoms with van der Waals surface area (Å²) in [6.07, 6.45) is 13.7. The number of hydrogen-bond donors (Lipinski definition) is 3. The fraction of sp³-hybridized carbons (Fsp3) is 0.333. The molecule has 24 heteroatoms. The summed E-state index contributed by atoms with van der Waals surface area (Å²) in [6.45, 7) is 19.1. The van der Waals surface area contributed by atoms with Crippen LogP contribution in [0.4, 0.5) is 40.3 Å². The van der Waals surface area contributed by atoms with E-state index < -0.39 is 18.3 Å². The van der Waals surface area contributed by atoms with Crippen LogP contribution in [0.2, 0.25) is 0 Å². The summed E-state index contributed by atoms with van der Waals surface area (Å²) >= 11 is 3.34. The summed E-state index contributed by atoms with van der Waals surface area (Å²) in [5.74, 6) is 1.81. The molecule has 3 aliphatic rings. The quantitative estimate of drug-likeness (QED) is 0.0904. The number of carbonyl (C=O) groups excluding carboxylic acids is 2. The maximum atomic E-state index is 13.7. The van der Waals surface area contributed by atoms with E-state index in [9.17, 15) is 24.0 Å². The van der Waals surface area contributed by atoms with Crippen molar-refractivity contribution in [2.45, 2.75) is 92.9 Å². The van der Waals surface area contributed by atoms with Crippen molar-refractivity contribution in [3.63, 3.8) is 0 Å². The van der Waals surface area contributed by atoms with Gasteiger partial charge in [-0.2, -0.15) is 0 Å². The highest BCUT2D eigenvalue weighted by Crippen LogP contribution is 2.40. The second-order valence-electron chi connectivity index (χ2n) is 22.1. The summed E-state index contributed by atoms with van der Waals surface area (Å²) < 4.78 is 19.6. The molecule has 0 unspecified atom stereocenters. The van der Waals surface area contributed by atoms with Crippen LogP contribution in [0, 0.1) is 26.2 Å². The lowest BCUT2D eigenvalue weighted by molar-refractivity contribution is 0.00578. The molecule has 1 saturated heterocycles. The van der Waals surface area contributed by atoms with Gasteiger partial charge in [0.05, 0.1) is 16.8 Å². The van der Waals surface area contributed by atoms with Crippen LogP contribution in [0.15, 0.2) is 111 Å². The number of aryl methyl sites for hydroxylation is 6. The second-order valence-corrected chi connectivity index (χ2v) is 23.0. The summed E-state index contributed by atoms with van der Waals surface area (Å²) in [5.41, 5.74) is 7.78. The van der Waals surface area contributed by atoms with Crippen LogP contribution in [0.5, 0.6) is 0 Å². The minimum absolute atomic E-state index is 0.107. The summed E-state index contributed by atoms with van der Waals surface area (Å²) in [5, 5.41) is 9.11. The molecule has 0 spiro atoms. The van der Waals surface area contributed by atoms with Gasteiger partial charge in [-0.25, -0.2) is 34.9 Å². The van der Waals surface area contributed by atoms with Gasteiger partial charge in [0.15, 0.2) is 6.29 Å². The van der Waals surface area contributed by atoms with Crippen molar-refractivity contribution in [1.82, 2.24) is 53.2 Å². The standard InChI is InChI=1S/C29H29N7O3.C17H23BN4O3.C11H11BrN4O/c1-17-9-25(32-16-31-17)33-22-10-19(14-34(4)27(22)38)20-5-6-30-26(21(20)15-37)36-8-7-35-23(28(36)39)11-18-12-29(2,3)13-24(18)35;1-11-7-14(20-10-19-11)21-13-8-12(9-22(6)15(13)23)18-24-16(2,3)17(4,5)25-18;1-7-3-10(14-6-13-7)15-9-4-8(12)5-16(2)11(9)17/h5-6,9-11,14-16H,7-8,12-13H2,1-4H3,(H,31,32,33);7-10H,1-6H3,(H,19,20,21);3-6H,1-2H3,(H,13,14,15). The molecule has 1 aliphatic carbocycles. The molecule has 11 rings (SSSR count). The van der Waals surface area contributed by atoms with E-state index in [1.807, 2.05) is 54.5 Å². The molecule has 10 heterocycles. The van der Waals surface area contributed by atoms with Gasteiger partial charge in [0, 0.05) is 115 Å². The Hall–Kier alpha value is -8.48. The highest BCUT2D eigenvalue weighted by atomic mass is 79.9. The number of aldehydes is 1. The van der Waals surface area contributed by atoms with Gasteiger partial charge in [-0.05, 0) is 124 Å². The Balaban J connectivity index is 0.000000161. The molecule has 0 aromatic carbocycles. The normalized spacial score (nSPS) is 15.4. The third kappa shape index (κ3) is 12.3. The summed E-state index contributed by atoms with van der Waals surface area (Å²) in [6, 6.07) is 14.2. The number of rotatable bonds is 10. The first-order valence-corrected chi connectivity index (χ1v) is 26.9. The molecule has 22 nitrogen and oxygen atoms in total. The molecule has 0 radical (unpaired) electrons. The largest absolute Gasteiger partial charge is 0.496 e. The number of nitrogens with one attached hydrogen (secondary N) is 3. The van der Waals surface area contributed by atoms with Crippen LogP contribution in [0.1, 0.15) is 90.7 Å². The Bertz CT molecular complexity index is 3930. The molecule has 8 aromatic heterocycles. The van der Waals surface area contributed by atoms with Gasteiger partial charge in [0.1, 0.15) is 65.0 Å². The average molecular weight is 1160 g/mol. The van der Waals surface area contributed by atoms with Crippen molar-refractivity contribution in [1.29, 1.82) is 0 Å². The highest BCUT2D eigenvalue weighted by Gasteiger charge is 2.52. The number of aromatic nitrogens is 11. The third-order valence-corrected chi connectivity index (χ3v) is 15.0. The van der Waals surface area contributed by atoms with Gasteiger partial charge < -0.3 is 43.5 Å². The van der Waals surface area contributed by atoms with Crippen molar-refractivity contribution in [2.24, 2.45) is 26.6 Å². The van der Waals surface area contributed by atoms with Crippen LogP contribution in [0.25, 0.3) is 11.1 Å². The minimum atomic E-state index is -0.538. The molecule has 0 bridgehead atoms. The molecule has 0 saturated carbocycles. The van der Waals surface area contributed by atoms with Crippen molar-refractivity contribution in [3.8, 4) is 11.1 Å². The van der Waals surface area contributed by atoms with E-state index in [2.05, 4.69) is 85.2 Å². The van der Waals surface area contributed by atoms with Gasteiger partial charge in [0.25, 0.3) is 22.6 Å². The van der Waals surface area contributed by atoms with Gasteiger partial charge in [-0.1, -0.05) is 13.8 Å². The van der Waals surface area contributed by atoms with E-state index in [0.29, 0.717) is 75.8 Å². The average Bonchev–Trinajstić information content (AvgIpc) is 4.11. The Morgan fingerprint density at radius 3 is 1.65 bits per heavy atom. The molecule has 1 fully saturated rings. The fourth-order valence-corrected chi connectivity index (χ4v) is 10.3. The predicted molar refractivity (Wildman–Crippen MR) is 315 cm³/mol. The predicted octanol–water partition coefficient (Wildman–Crippen LogP) is 7.20. The van der Waals surface area contributed by atoms with Crippen LogP contribution < -0.4 is 43.0 Å². The SMILES string of the molecule is Cc1cc(Nc2cc(-c3ccnc(N4CCn5c(cc6c5CC(C)(C)C6)C4=O)c3C=O)cn(C)c2=O)ncn1.Cc1cc(Nc2cc(B3OC(C)(C)C(C)(C)O3)cn(C)c2=O)ncn1.Cc1cc(Nc2cc(Br)cn(C)c2=O)ncn1. The van der Waals surface area contributed by atoms with Crippen LogP contribution in [-0.4, -0.2) is 90.2 Å². The van der Waals surface area contributed by atoms with Gasteiger partial charge >= 0.3 is 7.12 Å². The maximum Gasteiger partial charge on any atom is 0.496 e. The zero-order valence-electron chi connectivity index (χ0n) is 47.2. The summed E-state index contributed by atoms with van der Waals surface area (Å²) in [4.78, 5) is 93.9. The monoisotopic (exact) mass is 1160 g/mol. The van der Waals surface area contributed by atoms with E-state index in [4.69, 9.17) is 9.31 Å². The number of carbonyl (C=O) groups is 2. The van der Waals surface area contributed by atoms with E-state index in [0.717, 1.165) is 46.1 Å². The van der Waals surface area contributed by atoms with E-state index in [1.165, 1.54) is 43.9 Å². The van der Waals surface area contributed by atoms with Gasteiger partial charge in [-0.15, -0.1) is 0 Å². The van der Waals surface area contributed by atoms with Crippen molar-refractivity contribution >= 4 is 81.0 Å². The molecule has 1 amide bonds. The van der Waals surface area contributed by atoms with Gasteiger partial charge in [0.2, 0.25) is 0 Å². The lowest BCUT2D eigenvalue weighted by atomic mass is 9.80. The fourth-order valence-electron chi connectivity index (χ4n) is 9.78. The Morgan fingerprint density at radius 1 is 0.617 bits per heavy atom. The summed E-state index contributed by atoms with van der Waals surface area (Å²) in [7, 11) is 4.51. The number of hydrogen-bond acceptors (Lipinski definition) is 17. The number of fused-ring (bicyclic) bond motifs is 3.